The lowest BCUT2D eigenvalue weighted by molar-refractivity contribution is -0.145. The van der Waals surface area contributed by atoms with Gasteiger partial charge in [0.15, 0.2) is 0 Å². The first-order chi connectivity index (χ1) is 17.7. The molecule has 37 heavy (non-hydrogen) atoms. The van der Waals surface area contributed by atoms with Crippen LogP contribution in [0.25, 0.3) is 0 Å². The van der Waals surface area contributed by atoms with E-state index in [4.69, 9.17) is 15.2 Å². The molecule has 0 fully saturated rings. The second-order valence-electron chi connectivity index (χ2n) is 9.48. The van der Waals surface area contributed by atoms with Crippen molar-refractivity contribution < 1.29 is 28.7 Å². The van der Waals surface area contributed by atoms with Crippen LogP contribution in [0.1, 0.15) is 43.7 Å². The van der Waals surface area contributed by atoms with Gasteiger partial charge in [-0.25, -0.2) is 9.59 Å². The van der Waals surface area contributed by atoms with Crippen molar-refractivity contribution in [2.45, 2.75) is 51.1 Å². The molecule has 0 radical (unpaired) electrons. The average molecular weight is 511 g/mol. The smallest absolute Gasteiger partial charge is 0.328 e. The Hall–Kier alpha value is -4.08. The number of esters is 1. The van der Waals surface area contributed by atoms with Crippen LogP contribution in [-0.2, 0) is 25.5 Å². The summed E-state index contributed by atoms with van der Waals surface area (Å²) in [6.07, 6.45) is 0.721. The predicted molar refractivity (Wildman–Crippen MR) is 138 cm³/mol. The highest BCUT2D eigenvalue weighted by Gasteiger charge is 2.31. The van der Waals surface area contributed by atoms with Crippen molar-refractivity contribution in [3.63, 3.8) is 0 Å². The van der Waals surface area contributed by atoms with Gasteiger partial charge < -0.3 is 31.2 Å². The third-order valence-corrected chi connectivity index (χ3v) is 6.03. The molecular weight excluding hydrogens is 476 g/mol. The second-order valence-corrected chi connectivity index (χ2v) is 9.48. The quantitative estimate of drug-likeness (QED) is 0.341. The number of ether oxygens (including phenoxy) is 2. The largest absolute Gasteiger partial charge is 0.493 e. The average Bonchev–Trinajstić information content (AvgIpc) is 3.24. The molecule has 2 aromatic carbocycles. The van der Waals surface area contributed by atoms with Crippen molar-refractivity contribution in [2.75, 3.05) is 19.0 Å². The Morgan fingerprint density at radius 3 is 2.43 bits per heavy atom. The summed E-state index contributed by atoms with van der Waals surface area (Å²) in [7, 11) is 1.27. The van der Waals surface area contributed by atoms with Crippen LogP contribution in [0.4, 0.5) is 10.5 Å². The van der Waals surface area contributed by atoms with Crippen LogP contribution in [-0.4, -0.2) is 49.6 Å². The number of methoxy groups -OCH3 is 1. The monoisotopic (exact) mass is 510 g/mol. The minimum atomic E-state index is -0.904. The summed E-state index contributed by atoms with van der Waals surface area (Å²) in [6, 6.07) is 12.0. The van der Waals surface area contributed by atoms with Gasteiger partial charge in [0.05, 0.1) is 13.7 Å². The number of primary amides is 1. The zero-order valence-corrected chi connectivity index (χ0v) is 21.3. The summed E-state index contributed by atoms with van der Waals surface area (Å²) in [6.45, 7) is 4.17. The Morgan fingerprint density at radius 2 is 1.78 bits per heavy atom. The van der Waals surface area contributed by atoms with Crippen molar-refractivity contribution in [2.24, 2.45) is 11.7 Å². The van der Waals surface area contributed by atoms with Crippen molar-refractivity contribution in [3.05, 3.63) is 59.7 Å². The molecule has 4 amide bonds. The van der Waals surface area contributed by atoms with E-state index in [1.54, 1.807) is 18.2 Å². The number of fused-ring (bicyclic) bond motifs is 1. The zero-order valence-electron chi connectivity index (χ0n) is 21.3. The standard InChI is InChI=1S/C27H34N4O6/c1-16(2)11-22(26(34)36-3)31-25(33)21(12-17-7-5-4-6-8-17)30-24(32)13-18-15-37-23-10-9-19(14-20(18)23)29-27(28)35/h4-10,14,16,18,21-22H,11-13,15H2,1-3H3,(H,30,32)(H,31,33)(H3,28,29,35)/t18?,21-,22-/m0/s1. The number of carbonyl (C=O) groups is 4. The Labute approximate surface area is 216 Å². The van der Waals surface area contributed by atoms with E-state index < -0.39 is 30.0 Å². The lowest BCUT2D eigenvalue weighted by Crippen LogP contribution is -2.53. The second kappa shape index (κ2) is 12.8. The van der Waals surface area contributed by atoms with E-state index >= 15 is 0 Å². The number of rotatable bonds is 11. The molecule has 3 atom stereocenters. The lowest BCUT2D eigenvalue weighted by atomic mass is 9.96. The van der Waals surface area contributed by atoms with E-state index in [-0.39, 0.29) is 37.2 Å². The van der Waals surface area contributed by atoms with Crippen molar-refractivity contribution >= 4 is 29.5 Å². The molecule has 1 heterocycles. The maximum atomic E-state index is 13.3. The number of urea groups is 1. The molecule has 0 spiro atoms. The van der Waals surface area contributed by atoms with Gasteiger partial charge in [-0.15, -0.1) is 0 Å². The molecule has 1 aliphatic heterocycles. The molecule has 5 N–H and O–H groups in total. The topological polar surface area (TPSA) is 149 Å². The van der Waals surface area contributed by atoms with E-state index in [2.05, 4.69) is 16.0 Å². The number of benzene rings is 2. The Kier molecular flexibility index (Phi) is 9.48. The molecule has 10 heteroatoms. The maximum Gasteiger partial charge on any atom is 0.328 e. The van der Waals surface area contributed by atoms with Crippen LogP contribution in [0.5, 0.6) is 5.75 Å². The third kappa shape index (κ3) is 7.96. The summed E-state index contributed by atoms with van der Waals surface area (Å²) >= 11 is 0. The van der Waals surface area contributed by atoms with E-state index in [1.807, 2.05) is 44.2 Å². The van der Waals surface area contributed by atoms with Crippen molar-refractivity contribution in [1.82, 2.24) is 10.6 Å². The molecule has 3 rings (SSSR count). The van der Waals surface area contributed by atoms with E-state index in [0.717, 1.165) is 11.1 Å². The molecule has 0 saturated carbocycles. The van der Waals surface area contributed by atoms with Crippen LogP contribution in [0, 0.1) is 5.92 Å². The molecule has 0 bridgehead atoms. The molecule has 1 unspecified atom stereocenters. The Morgan fingerprint density at radius 1 is 1.05 bits per heavy atom. The van der Waals surface area contributed by atoms with Gasteiger partial charge in [-0.2, -0.15) is 0 Å². The number of nitrogens with two attached hydrogens (primary N) is 1. The number of anilines is 1. The summed E-state index contributed by atoms with van der Waals surface area (Å²) in [5, 5.41) is 8.11. The lowest BCUT2D eigenvalue weighted by Gasteiger charge is -2.24. The first kappa shape index (κ1) is 27.5. The Balaban J connectivity index is 1.73. The van der Waals surface area contributed by atoms with E-state index in [1.165, 1.54) is 7.11 Å². The zero-order chi connectivity index (χ0) is 26.9. The van der Waals surface area contributed by atoms with Gasteiger partial charge in [0.25, 0.3) is 0 Å². The highest BCUT2D eigenvalue weighted by Crippen LogP contribution is 2.37. The minimum Gasteiger partial charge on any atom is -0.493 e. The van der Waals surface area contributed by atoms with Gasteiger partial charge in [-0.05, 0) is 36.1 Å². The van der Waals surface area contributed by atoms with Crippen LogP contribution in [0.2, 0.25) is 0 Å². The number of amides is 4. The van der Waals surface area contributed by atoms with Gasteiger partial charge in [0, 0.05) is 30.0 Å². The van der Waals surface area contributed by atoms with Crippen LogP contribution in [0.3, 0.4) is 0 Å². The van der Waals surface area contributed by atoms with Gasteiger partial charge in [0.2, 0.25) is 11.8 Å². The van der Waals surface area contributed by atoms with Crippen molar-refractivity contribution in [3.8, 4) is 5.75 Å². The van der Waals surface area contributed by atoms with Crippen LogP contribution < -0.4 is 26.4 Å². The first-order valence-corrected chi connectivity index (χ1v) is 12.2. The summed E-state index contributed by atoms with van der Waals surface area (Å²) in [5.41, 5.74) is 7.34. The van der Waals surface area contributed by atoms with E-state index in [0.29, 0.717) is 17.9 Å². The molecule has 2 aromatic rings. The molecule has 10 nitrogen and oxygen atoms in total. The molecule has 198 valence electrons. The predicted octanol–water partition coefficient (Wildman–Crippen LogP) is 2.47. The summed E-state index contributed by atoms with van der Waals surface area (Å²) < 4.78 is 10.6. The molecule has 0 aromatic heterocycles. The fourth-order valence-corrected chi connectivity index (χ4v) is 4.30. The third-order valence-electron chi connectivity index (χ3n) is 6.03. The number of hydrogen-bond donors (Lipinski definition) is 4. The molecule has 0 saturated heterocycles. The fraction of sp³-hybridized carbons (Fsp3) is 0.407. The van der Waals surface area contributed by atoms with Crippen LogP contribution in [0.15, 0.2) is 48.5 Å². The van der Waals surface area contributed by atoms with Gasteiger partial charge in [-0.1, -0.05) is 44.2 Å². The number of nitrogens with one attached hydrogen (secondary N) is 3. The summed E-state index contributed by atoms with van der Waals surface area (Å²) in [4.78, 5) is 49.8. The van der Waals surface area contributed by atoms with Gasteiger partial charge in [-0.3, -0.25) is 9.59 Å². The molecule has 1 aliphatic rings. The minimum absolute atomic E-state index is 0.0675. The molecular formula is C27H34N4O6. The van der Waals surface area contributed by atoms with Gasteiger partial charge in [0.1, 0.15) is 17.8 Å². The van der Waals surface area contributed by atoms with Crippen LogP contribution >= 0.6 is 0 Å². The summed E-state index contributed by atoms with van der Waals surface area (Å²) in [5.74, 6) is -0.849. The van der Waals surface area contributed by atoms with Gasteiger partial charge >= 0.3 is 12.0 Å². The number of carbonyl (C=O) groups excluding carboxylic acids is 4. The van der Waals surface area contributed by atoms with E-state index in [9.17, 15) is 19.2 Å². The molecule has 0 aliphatic carbocycles. The first-order valence-electron chi connectivity index (χ1n) is 12.2. The fourth-order valence-electron chi connectivity index (χ4n) is 4.30. The maximum absolute atomic E-state index is 13.3. The SMILES string of the molecule is COC(=O)[C@H](CC(C)C)NC(=O)[C@H](Cc1ccccc1)NC(=O)CC1COc2ccc(NC(N)=O)cc21. The normalized spacial score (nSPS) is 15.6. The van der Waals surface area contributed by atoms with Crippen molar-refractivity contribution in [1.29, 1.82) is 0 Å². The Bertz CT molecular complexity index is 1120. The highest BCUT2D eigenvalue weighted by atomic mass is 16.5. The highest BCUT2D eigenvalue weighted by molar-refractivity contribution is 5.91. The number of hydrogen-bond acceptors (Lipinski definition) is 6.